The first-order chi connectivity index (χ1) is 9.53. The summed E-state index contributed by atoms with van der Waals surface area (Å²) in [6, 6.07) is 8.10. The molecule has 1 aliphatic heterocycles. The molecule has 106 valence electrons. The van der Waals surface area contributed by atoms with Crippen molar-refractivity contribution in [2.45, 2.75) is 25.4 Å². The van der Waals surface area contributed by atoms with E-state index in [1.54, 1.807) is 7.05 Å². The van der Waals surface area contributed by atoms with Crippen molar-refractivity contribution < 1.29 is 5.11 Å². The van der Waals surface area contributed by atoms with E-state index in [-0.39, 0.29) is 17.8 Å². The fourth-order valence-electron chi connectivity index (χ4n) is 2.81. The monoisotopic (exact) mass is 274 g/mol. The number of H-pyrrole nitrogens is 1. The molecule has 0 aliphatic carbocycles. The molecule has 1 unspecified atom stereocenters. The molecule has 0 spiro atoms. The van der Waals surface area contributed by atoms with Gasteiger partial charge in [-0.1, -0.05) is 18.2 Å². The number of nitrogens with one attached hydrogen (secondary N) is 1. The van der Waals surface area contributed by atoms with Crippen molar-refractivity contribution in [3.8, 4) is 0 Å². The van der Waals surface area contributed by atoms with E-state index in [2.05, 4.69) is 21.0 Å². The second-order valence-electron chi connectivity index (χ2n) is 5.55. The Labute approximate surface area is 116 Å². The molecule has 1 atom stereocenters. The van der Waals surface area contributed by atoms with Gasteiger partial charge in [0.05, 0.1) is 18.7 Å². The molecular weight excluding hydrogens is 256 g/mol. The molecule has 2 N–H and O–H groups in total. The molecule has 20 heavy (non-hydrogen) atoms. The molecule has 2 aromatic rings. The van der Waals surface area contributed by atoms with Crippen LogP contribution in [-0.2, 0) is 20.0 Å². The van der Waals surface area contributed by atoms with Gasteiger partial charge in [-0.3, -0.25) is 4.98 Å². The lowest BCUT2D eigenvalue weighted by Crippen LogP contribution is -2.47. The molecule has 1 aliphatic rings. The number of nitrogens with zero attached hydrogens (tertiary/aromatic N) is 3. The molecule has 0 radical (unpaired) electrons. The minimum atomic E-state index is -0.363. The number of aromatic nitrogens is 3. The van der Waals surface area contributed by atoms with E-state index in [9.17, 15) is 9.90 Å². The third-order valence-electron chi connectivity index (χ3n) is 3.97. The van der Waals surface area contributed by atoms with Gasteiger partial charge in [0.15, 0.2) is 5.82 Å². The highest BCUT2D eigenvalue weighted by atomic mass is 16.3. The standard InChI is InChI=1S/C14H18N4O2/c1-14(9-19)7-10-5-3-4-6-11(10)18(14)8-12-15-13(20)17(2)16-12/h3-6,19H,7-9H2,1-2H3,(H,15,16,20). The van der Waals surface area contributed by atoms with Crippen molar-refractivity contribution in [2.24, 2.45) is 7.05 Å². The van der Waals surface area contributed by atoms with Crippen LogP contribution in [-0.4, -0.2) is 32.0 Å². The number of benzene rings is 1. The van der Waals surface area contributed by atoms with Crippen LogP contribution in [0.4, 0.5) is 5.69 Å². The summed E-state index contributed by atoms with van der Waals surface area (Å²) >= 11 is 0. The number of rotatable bonds is 3. The minimum Gasteiger partial charge on any atom is -0.394 e. The summed E-state index contributed by atoms with van der Waals surface area (Å²) in [5.74, 6) is 0.605. The van der Waals surface area contributed by atoms with Gasteiger partial charge in [0.25, 0.3) is 0 Å². The van der Waals surface area contributed by atoms with E-state index in [4.69, 9.17) is 0 Å². The average molecular weight is 274 g/mol. The Hall–Kier alpha value is -2.08. The molecule has 6 heteroatoms. The van der Waals surface area contributed by atoms with E-state index in [0.29, 0.717) is 12.4 Å². The SMILES string of the molecule is Cn1nc(CN2c3ccccc3CC2(C)CO)[nH]c1=O. The summed E-state index contributed by atoms with van der Waals surface area (Å²) < 4.78 is 1.29. The molecule has 6 nitrogen and oxygen atoms in total. The number of fused-ring (bicyclic) bond motifs is 1. The second-order valence-corrected chi connectivity index (χ2v) is 5.55. The van der Waals surface area contributed by atoms with E-state index in [1.165, 1.54) is 10.2 Å². The number of hydrogen-bond donors (Lipinski definition) is 2. The Morgan fingerprint density at radius 1 is 1.45 bits per heavy atom. The number of aromatic amines is 1. The zero-order chi connectivity index (χ0) is 14.3. The first kappa shape index (κ1) is 12.9. The molecule has 2 heterocycles. The quantitative estimate of drug-likeness (QED) is 0.851. The van der Waals surface area contributed by atoms with E-state index in [0.717, 1.165) is 12.1 Å². The van der Waals surface area contributed by atoms with Gasteiger partial charge in [0, 0.05) is 12.7 Å². The number of hydrogen-bond acceptors (Lipinski definition) is 4. The maximum Gasteiger partial charge on any atom is 0.343 e. The summed E-state index contributed by atoms with van der Waals surface area (Å²) in [5.41, 5.74) is 1.72. The van der Waals surface area contributed by atoms with Crippen molar-refractivity contribution in [2.75, 3.05) is 11.5 Å². The highest BCUT2D eigenvalue weighted by Gasteiger charge is 2.39. The van der Waals surface area contributed by atoms with E-state index >= 15 is 0 Å². The molecule has 0 saturated heterocycles. The van der Waals surface area contributed by atoms with Crippen LogP contribution < -0.4 is 10.6 Å². The van der Waals surface area contributed by atoms with Crippen LogP contribution in [0.1, 0.15) is 18.3 Å². The van der Waals surface area contributed by atoms with E-state index < -0.39 is 0 Å². The summed E-state index contributed by atoms with van der Waals surface area (Å²) in [4.78, 5) is 16.3. The maximum absolute atomic E-state index is 11.5. The van der Waals surface area contributed by atoms with Crippen molar-refractivity contribution >= 4 is 5.69 Å². The summed E-state index contributed by atoms with van der Waals surface area (Å²) in [6.45, 7) is 2.55. The van der Waals surface area contributed by atoms with Gasteiger partial charge in [0.1, 0.15) is 0 Å². The van der Waals surface area contributed by atoms with Crippen molar-refractivity contribution in [3.05, 3.63) is 46.1 Å². The Balaban J connectivity index is 1.99. The van der Waals surface area contributed by atoms with Gasteiger partial charge >= 0.3 is 5.69 Å². The molecule has 1 aromatic heterocycles. The molecule has 3 rings (SSSR count). The maximum atomic E-state index is 11.5. The Bertz CT molecular complexity index is 690. The summed E-state index contributed by atoms with van der Waals surface area (Å²) in [6.07, 6.45) is 0.788. The molecule has 0 fully saturated rings. The van der Waals surface area contributed by atoms with Gasteiger partial charge in [-0.05, 0) is 25.0 Å². The predicted octanol–water partition coefficient (Wildman–Crippen LogP) is 0.422. The molecule has 1 aromatic carbocycles. The predicted molar refractivity (Wildman–Crippen MR) is 75.6 cm³/mol. The fraction of sp³-hybridized carbons (Fsp3) is 0.429. The lowest BCUT2D eigenvalue weighted by molar-refractivity contribution is 0.203. The van der Waals surface area contributed by atoms with Gasteiger partial charge in [-0.2, -0.15) is 5.10 Å². The number of para-hydroxylation sites is 1. The van der Waals surface area contributed by atoms with Crippen LogP contribution >= 0.6 is 0 Å². The van der Waals surface area contributed by atoms with Crippen molar-refractivity contribution in [3.63, 3.8) is 0 Å². The largest absolute Gasteiger partial charge is 0.394 e. The normalized spacial score (nSPS) is 21.2. The van der Waals surface area contributed by atoms with Crippen LogP contribution in [0, 0.1) is 0 Å². The van der Waals surface area contributed by atoms with Crippen LogP contribution in [0.25, 0.3) is 0 Å². The second kappa shape index (κ2) is 4.49. The Kier molecular flexibility index (Phi) is 2.90. The van der Waals surface area contributed by atoms with E-state index in [1.807, 2.05) is 25.1 Å². The highest BCUT2D eigenvalue weighted by molar-refractivity contribution is 5.61. The third-order valence-corrected chi connectivity index (χ3v) is 3.97. The van der Waals surface area contributed by atoms with Gasteiger partial charge in [-0.25, -0.2) is 9.48 Å². The zero-order valence-corrected chi connectivity index (χ0v) is 11.6. The minimum absolute atomic E-state index is 0.0543. The molecule has 0 amide bonds. The number of anilines is 1. The molecular formula is C14H18N4O2. The Morgan fingerprint density at radius 3 is 2.85 bits per heavy atom. The third kappa shape index (κ3) is 1.92. The Morgan fingerprint density at radius 2 is 2.20 bits per heavy atom. The van der Waals surface area contributed by atoms with Gasteiger partial charge < -0.3 is 10.0 Å². The number of aliphatic hydroxyl groups is 1. The zero-order valence-electron chi connectivity index (χ0n) is 11.6. The van der Waals surface area contributed by atoms with Crippen LogP contribution in [0.3, 0.4) is 0 Å². The number of aliphatic hydroxyl groups excluding tert-OH is 1. The van der Waals surface area contributed by atoms with Crippen LogP contribution in [0.5, 0.6) is 0 Å². The summed E-state index contributed by atoms with van der Waals surface area (Å²) in [7, 11) is 1.62. The van der Waals surface area contributed by atoms with Crippen molar-refractivity contribution in [1.82, 2.24) is 14.8 Å². The lowest BCUT2D eigenvalue weighted by Gasteiger charge is -2.35. The first-order valence-corrected chi connectivity index (χ1v) is 6.62. The molecule has 0 saturated carbocycles. The molecule has 0 bridgehead atoms. The van der Waals surface area contributed by atoms with Crippen molar-refractivity contribution in [1.29, 1.82) is 0 Å². The average Bonchev–Trinajstić information content (AvgIpc) is 2.89. The topological polar surface area (TPSA) is 74.2 Å². The van der Waals surface area contributed by atoms with Crippen LogP contribution in [0.15, 0.2) is 29.1 Å². The lowest BCUT2D eigenvalue weighted by atomic mass is 9.98. The van der Waals surface area contributed by atoms with Crippen LogP contribution in [0.2, 0.25) is 0 Å². The highest BCUT2D eigenvalue weighted by Crippen LogP contribution is 2.39. The number of aryl methyl sites for hydroxylation is 1. The van der Waals surface area contributed by atoms with Gasteiger partial charge in [0.2, 0.25) is 0 Å². The smallest absolute Gasteiger partial charge is 0.343 e. The van der Waals surface area contributed by atoms with Gasteiger partial charge in [-0.15, -0.1) is 0 Å². The fourth-order valence-corrected chi connectivity index (χ4v) is 2.81. The summed E-state index contributed by atoms with van der Waals surface area (Å²) in [5, 5.41) is 13.9. The first-order valence-electron chi connectivity index (χ1n) is 6.62.